The summed E-state index contributed by atoms with van der Waals surface area (Å²) in [6, 6.07) is 15.5. The predicted octanol–water partition coefficient (Wildman–Crippen LogP) is 3.82. The third-order valence-electron chi connectivity index (χ3n) is 3.90. The average Bonchev–Trinajstić information content (AvgIpc) is 2.61. The number of amides is 1. The van der Waals surface area contributed by atoms with Gasteiger partial charge in [-0.15, -0.1) is 0 Å². The average molecular weight is 327 g/mol. The van der Waals surface area contributed by atoms with Gasteiger partial charge in [0.25, 0.3) is 5.91 Å². The van der Waals surface area contributed by atoms with Gasteiger partial charge in [0.2, 0.25) is 0 Å². The molecule has 0 bridgehead atoms. The monoisotopic (exact) mass is 327 g/mol. The van der Waals surface area contributed by atoms with Crippen LogP contribution >= 0.6 is 0 Å². The lowest BCUT2D eigenvalue weighted by Gasteiger charge is -2.24. The molecule has 2 aromatic carbocycles. The molecule has 0 unspecified atom stereocenters. The summed E-state index contributed by atoms with van der Waals surface area (Å²) >= 11 is 0. The Labute approximate surface area is 144 Å². The molecule has 2 rings (SSSR count). The van der Waals surface area contributed by atoms with Crippen molar-refractivity contribution < 1.29 is 14.3 Å². The van der Waals surface area contributed by atoms with E-state index in [1.54, 1.807) is 19.1 Å². The summed E-state index contributed by atoms with van der Waals surface area (Å²) in [6.45, 7) is 4.52. The molecule has 24 heavy (non-hydrogen) atoms. The summed E-state index contributed by atoms with van der Waals surface area (Å²) in [4.78, 5) is 14.3. The highest BCUT2D eigenvalue weighted by molar-refractivity contribution is 5.81. The van der Waals surface area contributed by atoms with Crippen molar-refractivity contribution in [2.24, 2.45) is 0 Å². The minimum Gasteiger partial charge on any atom is -0.497 e. The lowest BCUT2D eigenvalue weighted by Crippen LogP contribution is -2.39. The number of hydrogen-bond acceptors (Lipinski definition) is 3. The zero-order chi connectivity index (χ0) is 17.5. The van der Waals surface area contributed by atoms with Crippen molar-refractivity contribution in [2.45, 2.75) is 32.9 Å². The number of carbonyl (C=O) groups is 1. The highest BCUT2D eigenvalue weighted by Crippen LogP contribution is 2.17. The Kier molecular flexibility index (Phi) is 6.24. The van der Waals surface area contributed by atoms with Crippen molar-refractivity contribution in [3.05, 3.63) is 59.7 Å². The minimum absolute atomic E-state index is 0.0195. The Morgan fingerprint density at radius 3 is 2.17 bits per heavy atom. The van der Waals surface area contributed by atoms with Gasteiger partial charge >= 0.3 is 0 Å². The zero-order valence-corrected chi connectivity index (χ0v) is 14.8. The van der Waals surface area contributed by atoms with E-state index in [9.17, 15) is 4.79 Å². The van der Waals surface area contributed by atoms with E-state index in [1.165, 1.54) is 5.56 Å². The van der Waals surface area contributed by atoms with Crippen LogP contribution in [0.2, 0.25) is 0 Å². The summed E-state index contributed by atoms with van der Waals surface area (Å²) in [5.74, 6) is 1.51. The van der Waals surface area contributed by atoms with Crippen LogP contribution in [-0.4, -0.2) is 31.1 Å². The van der Waals surface area contributed by atoms with Crippen molar-refractivity contribution >= 4 is 5.91 Å². The standard InChI is InChI=1S/C20H25NO3/c1-5-19(24-18-10-6-15(2)7-11-18)20(22)21(3)14-16-8-12-17(23-4)13-9-16/h6-13,19H,5,14H2,1-4H3/t19-/m1/s1. The molecular formula is C20H25NO3. The number of carbonyl (C=O) groups excluding carboxylic acids is 1. The van der Waals surface area contributed by atoms with Crippen LogP contribution in [0.5, 0.6) is 11.5 Å². The van der Waals surface area contributed by atoms with Gasteiger partial charge in [-0.25, -0.2) is 0 Å². The van der Waals surface area contributed by atoms with E-state index in [0.717, 1.165) is 17.1 Å². The van der Waals surface area contributed by atoms with Crippen molar-refractivity contribution in [3.63, 3.8) is 0 Å². The zero-order valence-electron chi connectivity index (χ0n) is 14.8. The Hall–Kier alpha value is -2.49. The summed E-state index contributed by atoms with van der Waals surface area (Å²) < 4.78 is 11.0. The van der Waals surface area contributed by atoms with Gasteiger partial charge in [-0.1, -0.05) is 36.8 Å². The number of likely N-dealkylation sites (N-methyl/N-ethyl adjacent to an activating group) is 1. The summed E-state index contributed by atoms with van der Waals surface area (Å²) in [7, 11) is 3.44. The van der Waals surface area contributed by atoms with Gasteiger partial charge in [-0.3, -0.25) is 4.79 Å². The summed E-state index contributed by atoms with van der Waals surface area (Å²) in [5.41, 5.74) is 2.22. The molecule has 0 aliphatic heterocycles. The van der Waals surface area contributed by atoms with Crippen LogP contribution < -0.4 is 9.47 Å². The fraction of sp³-hybridized carbons (Fsp3) is 0.350. The molecule has 0 saturated heterocycles. The third-order valence-corrected chi connectivity index (χ3v) is 3.90. The molecule has 4 nitrogen and oxygen atoms in total. The molecule has 0 aliphatic carbocycles. The van der Waals surface area contributed by atoms with Gasteiger partial charge in [0, 0.05) is 13.6 Å². The van der Waals surface area contributed by atoms with Crippen LogP contribution in [0.1, 0.15) is 24.5 Å². The number of aryl methyl sites for hydroxylation is 1. The van der Waals surface area contributed by atoms with Crippen LogP contribution in [-0.2, 0) is 11.3 Å². The van der Waals surface area contributed by atoms with Gasteiger partial charge in [0.15, 0.2) is 6.10 Å². The first kappa shape index (κ1) is 17.9. The summed E-state index contributed by atoms with van der Waals surface area (Å²) in [5, 5.41) is 0. The highest BCUT2D eigenvalue weighted by atomic mass is 16.5. The smallest absolute Gasteiger partial charge is 0.263 e. The van der Waals surface area contributed by atoms with Crippen molar-refractivity contribution in [1.29, 1.82) is 0 Å². The first-order valence-electron chi connectivity index (χ1n) is 8.14. The number of rotatable bonds is 7. The second-order valence-corrected chi connectivity index (χ2v) is 5.87. The molecule has 0 fully saturated rings. The second kappa shape index (κ2) is 8.39. The van der Waals surface area contributed by atoms with Gasteiger partial charge < -0.3 is 14.4 Å². The van der Waals surface area contributed by atoms with Crippen molar-refractivity contribution in [3.8, 4) is 11.5 Å². The van der Waals surface area contributed by atoms with Crippen LogP contribution in [0.3, 0.4) is 0 Å². The quantitative estimate of drug-likeness (QED) is 0.776. The van der Waals surface area contributed by atoms with E-state index < -0.39 is 6.10 Å². The molecule has 128 valence electrons. The van der Waals surface area contributed by atoms with Gasteiger partial charge in [0.1, 0.15) is 11.5 Å². The molecule has 1 amide bonds. The molecule has 0 N–H and O–H groups in total. The molecule has 0 radical (unpaired) electrons. The SMILES string of the molecule is CC[C@@H](Oc1ccc(C)cc1)C(=O)N(C)Cc1ccc(OC)cc1. The lowest BCUT2D eigenvalue weighted by molar-refractivity contribution is -0.138. The molecule has 1 atom stereocenters. The van der Waals surface area contributed by atoms with E-state index in [2.05, 4.69) is 0 Å². The maximum absolute atomic E-state index is 12.6. The largest absolute Gasteiger partial charge is 0.497 e. The van der Waals surface area contributed by atoms with E-state index >= 15 is 0 Å². The molecule has 0 aliphatic rings. The molecule has 0 aromatic heterocycles. The first-order valence-corrected chi connectivity index (χ1v) is 8.14. The van der Waals surface area contributed by atoms with Gasteiger partial charge in [-0.05, 0) is 43.2 Å². The molecular weight excluding hydrogens is 302 g/mol. The maximum atomic E-state index is 12.6. The number of methoxy groups -OCH3 is 1. The molecule has 0 saturated carbocycles. The summed E-state index contributed by atoms with van der Waals surface area (Å²) in [6.07, 6.45) is 0.149. The van der Waals surface area contributed by atoms with Crippen molar-refractivity contribution in [2.75, 3.05) is 14.2 Å². The Morgan fingerprint density at radius 2 is 1.62 bits per heavy atom. The highest BCUT2D eigenvalue weighted by Gasteiger charge is 2.22. The number of hydrogen-bond donors (Lipinski definition) is 0. The Bertz CT molecular complexity index is 650. The van der Waals surface area contributed by atoms with E-state index in [-0.39, 0.29) is 5.91 Å². The van der Waals surface area contributed by atoms with Crippen LogP contribution in [0.15, 0.2) is 48.5 Å². The van der Waals surface area contributed by atoms with Crippen molar-refractivity contribution in [1.82, 2.24) is 4.90 Å². The molecule has 0 heterocycles. The minimum atomic E-state index is -0.476. The molecule has 4 heteroatoms. The normalized spacial score (nSPS) is 11.7. The van der Waals surface area contributed by atoms with Gasteiger partial charge in [-0.2, -0.15) is 0 Å². The molecule has 2 aromatic rings. The Morgan fingerprint density at radius 1 is 1.04 bits per heavy atom. The first-order chi connectivity index (χ1) is 11.5. The van der Waals surface area contributed by atoms with E-state index in [0.29, 0.717) is 13.0 Å². The van der Waals surface area contributed by atoms with Gasteiger partial charge in [0.05, 0.1) is 7.11 Å². The maximum Gasteiger partial charge on any atom is 0.263 e. The second-order valence-electron chi connectivity index (χ2n) is 5.87. The number of benzene rings is 2. The lowest BCUT2D eigenvalue weighted by atomic mass is 10.2. The third kappa shape index (κ3) is 4.75. The van der Waals surface area contributed by atoms with Crippen LogP contribution in [0, 0.1) is 6.92 Å². The van der Waals surface area contributed by atoms with Crippen LogP contribution in [0.25, 0.3) is 0 Å². The van der Waals surface area contributed by atoms with E-state index in [1.807, 2.05) is 62.4 Å². The fourth-order valence-corrected chi connectivity index (χ4v) is 2.42. The predicted molar refractivity (Wildman–Crippen MR) is 95.4 cm³/mol. The van der Waals surface area contributed by atoms with E-state index in [4.69, 9.17) is 9.47 Å². The van der Waals surface area contributed by atoms with Crippen LogP contribution in [0.4, 0.5) is 0 Å². The fourth-order valence-electron chi connectivity index (χ4n) is 2.42. The number of nitrogens with zero attached hydrogens (tertiary/aromatic N) is 1. The topological polar surface area (TPSA) is 38.8 Å². The Balaban J connectivity index is 1.99. The molecule has 0 spiro atoms. The number of ether oxygens (including phenoxy) is 2.